The van der Waals surface area contributed by atoms with Crippen LogP contribution in [0, 0.1) is 0 Å². The van der Waals surface area contributed by atoms with Crippen LogP contribution < -0.4 is 0 Å². The molecule has 0 aliphatic rings. The molecule has 0 aromatic rings. The highest BCUT2D eigenvalue weighted by molar-refractivity contribution is 6.60. The van der Waals surface area contributed by atoms with Crippen LogP contribution in [0.4, 0.5) is 0 Å². The normalized spacial score (nSPS) is 12.3. The van der Waals surface area contributed by atoms with E-state index in [-0.39, 0.29) is 5.97 Å². The lowest BCUT2D eigenvalue weighted by molar-refractivity contribution is -0.143. The van der Waals surface area contributed by atoms with E-state index < -0.39 is 8.80 Å². The van der Waals surface area contributed by atoms with Gasteiger partial charge < -0.3 is 18.0 Å². The number of carbonyl (C=O) groups is 1. The standard InChI is InChI=1S/C24H46O5Si/c1-5-6-7-8-9-10-11-12-13-14-15-16-17-18-19-21-24(25)29-22-20-23-30(26-2,27-3)28-4/h9-10,12-13H,5-8,11,14-23H2,1-4H3/b10-9-,13-12-. The average Bonchev–Trinajstić information content (AvgIpc) is 2.77. The van der Waals surface area contributed by atoms with E-state index in [0.717, 1.165) is 25.7 Å². The Morgan fingerprint density at radius 2 is 1.30 bits per heavy atom. The van der Waals surface area contributed by atoms with E-state index in [9.17, 15) is 4.79 Å². The number of hydrogen-bond donors (Lipinski definition) is 0. The zero-order valence-electron chi connectivity index (χ0n) is 20.0. The molecule has 0 saturated heterocycles. The van der Waals surface area contributed by atoms with Gasteiger partial charge in [-0.1, -0.05) is 63.3 Å². The fraction of sp³-hybridized carbons (Fsp3) is 0.792. The quantitative estimate of drug-likeness (QED) is 0.0866. The van der Waals surface area contributed by atoms with Crippen molar-refractivity contribution in [1.82, 2.24) is 0 Å². The highest BCUT2D eigenvalue weighted by Crippen LogP contribution is 2.15. The first-order chi connectivity index (χ1) is 14.6. The fourth-order valence-electron chi connectivity index (χ4n) is 3.18. The summed E-state index contributed by atoms with van der Waals surface area (Å²) < 4.78 is 21.3. The van der Waals surface area contributed by atoms with Crippen molar-refractivity contribution in [3.05, 3.63) is 24.3 Å². The first-order valence-corrected chi connectivity index (χ1v) is 13.7. The minimum absolute atomic E-state index is 0.111. The lowest BCUT2D eigenvalue weighted by Gasteiger charge is -2.24. The Labute approximate surface area is 186 Å². The molecular weight excluding hydrogens is 396 g/mol. The molecule has 6 heteroatoms. The van der Waals surface area contributed by atoms with Gasteiger partial charge in [-0.25, -0.2) is 0 Å². The van der Waals surface area contributed by atoms with Crippen LogP contribution in [-0.2, 0) is 22.8 Å². The van der Waals surface area contributed by atoms with Crippen LogP contribution in [0.5, 0.6) is 0 Å². The van der Waals surface area contributed by atoms with Crippen LogP contribution in [0.15, 0.2) is 24.3 Å². The number of esters is 1. The molecule has 0 aromatic carbocycles. The van der Waals surface area contributed by atoms with E-state index in [0.29, 0.717) is 25.5 Å². The Morgan fingerprint density at radius 3 is 1.90 bits per heavy atom. The average molecular weight is 443 g/mol. The van der Waals surface area contributed by atoms with E-state index in [1.165, 1.54) is 44.9 Å². The molecule has 0 spiro atoms. The molecule has 0 amide bonds. The van der Waals surface area contributed by atoms with Gasteiger partial charge in [0.25, 0.3) is 0 Å². The van der Waals surface area contributed by atoms with E-state index in [4.69, 9.17) is 18.0 Å². The molecule has 0 atom stereocenters. The molecule has 0 N–H and O–H groups in total. The third-order valence-corrected chi connectivity index (χ3v) is 7.99. The van der Waals surface area contributed by atoms with Gasteiger partial charge in [-0.3, -0.25) is 4.79 Å². The van der Waals surface area contributed by atoms with Crippen molar-refractivity contribution in [3.8, 4) is 0 Å². The molecule has 176 valence electrons. The van der Waals surface area contributed by atoms with Crippen molar-refractivity contribution in [1.29, 1.82) is 0 Å². The Morgan fingerprint density at radius 1 is 0.733 bits per heavy atom. The fourth-order valence-corrected chi connectivity index (χ4v) is 4.87. The van der Waals surface area contributed by atoms with Gasteiger partial charge in [0.15, 0.2) is 0 Å². The molecule has 5 nitrogen and oxygen atoms in total. The van der Waals surface area contributed by atoms with Crippen molar-refractivity contribution in [2.45, 2.75) is 96.4 Å². The first kappa shape index (κ1) is 29.0. The van der Waals surface area contributed by atoms with Crippen molar-refractivity contribution < 1.29 is 22.8 Å². The second kappa shape index (κ2) is 21.3. The summed E-state index contributed by atoms with van der Waals surface area (Å²) in [4.78, 5) is 11.8. The molecule has 0 aliphatic heterocycles. The van der Waals surface area contributed by atoms with Gasteiger partial charge in [-0.2, -0.15) is 0 Å². The number of allylic oxidation sites excluding steroid dienone is 4. The minimum atomic E-state index is -2.55. The molecule has 0 aliphatic carbocycles. The SMILES string of the molecule is CCCCC/C=C\C/C=C\CCCCCCCC(=O)OCCC[Si](OC)(OC)OC. The summed E-state index contributed by atoms with van der Waals surface area (Å²) in [5.41, 5.74) is 0. The summed E-state index contributed by atoms with van der Waals surface area (Å²) in [5, 5.41) is 0. The third-order valence-electron chi connectivity index (χ3n) is 5.15. The second-order valence-corrected chi connectivity index (χ2v) is 10.7. The number of hydrogen-bond acceptors (Lipinski definition) is 5. The molecule has 0 aromatic heterocycles. The zero-order chi connectivity index (χ0) is 22.3. The Kier molecular flexibility index (Phi) is 20.6. The first-order valence-electron chi connectivity index (χ1n) is 11.7. The molecule has 30 heavy (non-hydrogen) atoms. The molecular formula is C24H46O5Si. The minimum Gasteiger partial charge on any atom is -0.466 e. The van der Waals surface area contributed by atoms with Crippen molar-refractivity contribution in [3.63, 3.8) is 0 Å². The van der Waals surface area contributed by atoms with Crippen LogP contribution in [0.3, 0.4) is 0 Å². The van der Waals surface area contributed by atoms with E-state index in [1.807, 2.05) is 0 Å². The summed E-state index contributed by atoms with van der Waals surface area (Å²) in [5.74, 6) is -0.111. The summed E-state index contributed by atoms with van der Waals surface area (Å²) in [7, 11) is 2.23. The van der Waals surface area contributed by atoms with Crippen LogP contribution in [-0.4, -0.2) is 42.7 Å². The molecule has 0 fully saturated rings. The highest BCUT2D eigenvalue weighted by Gasteiger charge is 2.36. The van der Waals surface area contributed by atoms with E-state index >= 15 is 0 Å². The molecule has 0 rings (SSSR count). The van der Waals surface area contributed by atoms with Gasteiger partial charge in [0.05, 0.1) is 6.61 Å². The van der Waals surface area contributed by atoms with Gasteiger partial charge in [-0.15, -0.1) is 0 Å². The Hall–Kier alpha value is -0.953. The van der Waals surface area contributed by atoms with Gasteiger partial charge in [-0.05, 0) is 44.9 Å². The van der Waals surface area contributed by atoms with Crippen molar-refractivity contribution in [2.24, 2.45) is 0 Å². The van der Waals surface area contributed by atoms with E-state index in [1.54, 1.807) is 21.3 Å². The summed E-state index contributed by atoms with van der Waals surface area (Å²) in [6, 6.07) is 0.646. The predicted octanol–water partition coefficient (Wildman–Crippen LogP) is 6.61. The largest absolute Gasteiger partial charge is 0.500 e. The smallest absolute Gasteiger partial charge is 0.466 e. The highest BCUT2D eigenvalue weighted by atomic mass is 28.4. The predicted molar refractivity (Wildman–Crippen MR) is 127 cm³/mol. The van der Waals surface area contributed by atoms with Crippen molar-refractivity contribution in [2.75, 3.05) is 27.9 Å². The van der Waals surface area contributed by atoms with Crippen LogP contribution in [0.1, 0.15) is 90.4 Å². The Bertz CT molecular complexity index is 439. The van der Waals surface area contributed by atoms with Gasteiger partial charge in [0.2, 0.25) is 0 Å². The lowest BCUT2D eigenvalue weighted by Crippen LogP contribution is -2.42. The Balaban J connectivity index is 3.47. The summed E-state index contributed by atoms with van der Waals surface area (Å²) in [6.07, 6.45) is 23.3. The number of rotatable bonds is 21. The zero-order valence-corrected chi connectivity index (χ0v) is 21.0. The third kappa shape index (κ3) is 16.8. The van der Waals surface area contributed by atoms with Crippen LogP contribution in [0.25, 0.3) is 0 Å². The number of unbranched alkanes of at least 4 members (excludes halogenated alkanes) is 8. The monoisotopic (exact) mass is 442 g/mol. The second-order valence-electron chi connectivity index (χ2n) is 7.60. The summed E-state index contributed by atoms with van der Waals surface area (Å²) >= 11 is 0. The maximum absolute atomic E-state index is 11.8. The number of ether oxygens (including phenoxy) is 1. The molecule has 0 unspecified atom stereocenters. The molecule has 0 saturated carbocycles. The van der Waals surface area contributed by atoms with Gasteiger partial charge in [0, 0.05) is 33.8 Å². The van der Waals surface area contributed by atoms with Crippen molar-refractivity contribution >= 4 is 14.8 Å². The molecule has 0 heterocycles. The number of carbonyl (C=O) groups excluding carboxylic acids is 1. The lowest BCUT2D eigenvalue weighted by atomic mass is 10.1. The summed E-state index contributed by atoms with van der Waals surface area (Å²) in [6.45, 7) is 2.63. The van der Waals surface area contributed by atoms with Crippen LogP contribution in [0.2, 0.25) is 6.04 Å². The van der Waals surface area contributed by atoms with Gasteiger partial charge in [0.1, 0.15) is 0 Å². The molecule has 0 radical (unpaired) electrons. The maximum atomic E-state index is 11.8. The van der Waals surface area contributed by atoms with Crippen LogP contribution >= 0.6 is 0 Å². The van der Waals surface area contributed by atoms with E-state index in [2.05, 4.69) is 31.2 Å². The van der Waals surface area contributed by atoms with Gasteiger partial charge >= 0.3 is 14.8 Å². The topological polar surface area (TPSA) is 54.0 Å². The molecule has 0 bridgehead atoms. The maximum Gasteiger partial charge on any atom is 0.500 e.